The van der Waals surface area contributed by atoms with Crippen LogP contribution in [0.4, 0.5) is 23.7 Å². The molecule has 0 spiro atoms. The lowest BCUT2D eigenvalue weighted by Gasteiger charge is -2.17. The number of nitrogens with one attached hydrogen (secondary N) is 1. The summed E-state index contributed by atoms with van der Waals surface area (Å²) in [6.07, 6.45) is -2.50. The van der Waals surface area contributed by atoms with Crippen molar-refractivity contribution in [2.45, 2.75) is 25.9 Å². The van der Waals surface area contributed by atoms with Crippen LogP contribution in [-0.4, -0.2) is 24.5 Å². The summed E-state index contributed by atoms with van der Waals surface area (Å²) in [7, 11) is 1.65. The number of halogens is 3. The minimum absolute atomic E-state index is 0.326. The molecule has 0 heterocycles. The zero-order valence-corrected chi connectivity index (χ0v) is 10.9. The Bertz CT molecular complexity index is 415. The van der Waals surface area contributed by atoms with Gasteiger partial charge < -0.3 is 10.2 Å². The Morgan fingerprint density at radius 2 is 1.84 bits per heavy atom. The summed E-state index contributed by atoms with van der Waals surface area (Å²) in [4.78, 5) is 13.2. The number of hydrogen-bond donors (Lipinski definition) is 1. The van der Waals surface area contributed by atoms with Crippen LogP contribution in [0, 0.1) is 0 Å². The Morgan fingerprint density at radius 3 is 2.32 bits per heavy atom. The van der Waals surface area contributed by atoms with E-state index in [4.69, 9.17) is 0 Å². The second-order valence-corrected chi connectivity index (χ2v) is 4.28. The van der Waals surface area contributed by atoms with Gasteiger partial charge in [0.25, 0.3) is 0 Å². The molecule has 0 aliphatic carbocycles. The first kappa shape index (κ1) is 15.3. The number of unbranched alkanes of at least 4 members (excludes halogenated alkanes) is 1. The molecule has 0 saturated heterocycles. The number of carbonyl (C=O) groups is 1. The van der Waals surface area contributed by atoms with E-state index < -0.39 is 11.7 Å². The molecule has 0 saturated carbocycles. The van der Waals surface area contributed by atoms with Gasteiger partial charge in [-0.2, -0.15) is 13.2 Å². The second-order valence-electron chi connectivity index (χ2n) is 4.28. The average Bonchev–Trinajstić information content (AvgIpc) is 2.35. The van der Waals surface area contributed by atoms with Crippen LogP contribution in [0.1, 0.15) is 25.3 Å². The molecule has 1 aromatic carbocycles. The predicted molar refractivity (Wildman–Crippen MR) is 68.0 cm³/mol. The van der Waals surface area contributed by atoms with Crippen molar-refractivity contribution in [3.8, 4) is 0 Å². The van der Waals surface area contributed by atoms with E-state index in [0.717, 1.165) is 25.0 Å². The molecule has 2 amide bonds. The van der Waals surface area contributed by atoms with E-state index in [1.165, 1.54) is 17.0 Å². The van der Waals surface area contributed by atoms with Gasteiger partial charge in [0, 0.05) is 19.3 Å². The van der Waals surface area contributed by atoms with E-state index in [1.807, 2.05) is 6.92 Å². The molecule has 0 radical (unpaired) electrons. The monoisotopic (exact) mass is 274 g/mol. The largest absolute Gasteiger partial charge is 0.416 e. The standard InChI is InChI=1S/C13H17F3N2O/c1-3-4-9-18(2)12(19)17-11-7-5-10(6-8-11)13(14,15)16/h5-8H,3-4,9H2,1-2H3,(H,17,19). The van der Waals surface area contributed by atoms with Crippen LogP contribution in [0.15, 0.2) is 24.3 Å². The SMILES string of the molecule is CCCCN(C)C(=O)Nc1ccc(C(F)(F)F)cc1. The first-order valence-corrected chi connectivity index (χ1v) is 6.04. The topological polar surface area (TPSA) is 32.3 Å². The number of benzene rings is 1. The number of alkyl halides is 3. The molecular weight excluding hydrogens is 257 g/mol. The summed E-state index contributed by atoms with van der Waals surface area (Å²) in [6.45, 7) is 2.63. The van der Waals surface area contributed by atoms with Crippen molar-refractivity contribution < 1.29 is 18.0 Å². The summed E-state index contributed by atoms with van der Waals surface area (Å²) in [6, 6.07) is 4.06. The minimum atomic E-state index is -4.36. The van der Waals surface area contributed by atoms with Crippen molar-refractivity contribution in [2.75, 3.05) is 18.9 Å². The van der Waals surface area contributed by atoms with Crippen molar-refractivity contribution in [3.63, 3.8) is 0 Å². The highest BCUT2D eigenvalue weighted by Crippen LogP contribution is 2.29. The van der Waals surface area contributed by atoms with Crippen molar-refractivity contribution in [1.29, 1.82) is 0 Å². The molecule has 19 heavy (non-hydrogen) atoms. The smallest absolute Gasteiger partial charge is 0.328 e. The van der Waals surface area contributed by atoms with Crippen LogP contribution < -0.4 is 5.32 Å². The highest BCUT2D eigenvalue weighted by atomic mass is 19.4. The maximum absolute atomic E-state index is 12.4. The third kappa shape index (κ3) is 4.81. The Morgan fingerprint density at radius 1 is 1.26 bits per heavy atom. The van der Waals surface area contributed by atoms with E-state index >= 15 is 0 Å². The Kier molecular flexibility index (Phi) is 5.20. The third-order valence-electron chi connectivity index (χ3n) is 2.66. The zero-order valence-electron chi connectivity index (χ0n) is 10.9. The minimum Gasteiger partial charge on any atom is -0.328 e. The van der Waals surface area contributed by atoms with Crippen LogP contribution in [0.2, 0.25) is 0 Å². The predicted octanol–water partition coefficient (Wildman–Crippen LogP) is 3.97. The van der Waals surface area contributed by atoms with Gasteiger partial charge in [-0.15, -0.1) is 0 Å². The van der Waals surface area contributed by atoms with Gasteiger partial charge in [0.15, 0.2) is 0 Å². The molecule has 1 aromatic rings. The van der Waals surface area contributed by atoms with Gasteiger partial charge in [0.05, 0.1) is 5.56 Å². The molecule has 0 atom stereocenters. The molecule has 6 heteroatoms. The number of nitrogens with zero attached hydrogens (tertiary/aromatic N) is 1. The first-order valence-electron chi connectivity index (χ1n) is 6.04. The highest BCUT2D eigenvalue weighted by molar-refractivity contribution is 5.89. The average molecular weight is 274 g/mol. The second kappa shape index (κ2) is 6.45. The third-order valence-corrected chi connectivity index (χ3v) is 2.66. The lowest BCUT2D eigenvalue weighted by Crippen LogP contribution is -2.32. The van der Waals surface area contributed by atoms with E-state index in [-0.39, 0.29) is 6.03 Å². The molecule has 0 aliphatic rings. The summed E-state index contributed by atoms with van der Waals surface area (Å²) >= 11 is 0. The number of urea groups is 1. The molecule has 1 N–H and O–H groups in total. The first-order chi connectivity index (χ1) is 8.84. The number of anilines is 1. The Hall–Kier alpha value is -1.72. The van der Waals surface area contributed by atoms with E-state index in [0.29, 0.717) is 12.2 Å². The van der Waals surface area contributed by atoms with Gasteiger partial charge >= 0.3 is 12.2 Å². The molecule has 0 aromatic heterocycles. The summed E-state index contributed by atoms with van der Waals surface area (Å²) in [5, 5.41) is 2.55. The number of carbonyl (C=O) groups excluding carboxylic acids is 1. The Balaban J connectivity index is 2.60. The van der Waals surface area contributed by atoms with Gasteiger partial charge in [-0.25, -0.2) is 4.79 Å². The quantitative estimate of drug-likeness (QED) is 0.885. The summed E-state index contributed by atoms with van der Waals surface area (Å²) < 4.78 is 37.1. The lowest BCUT2D eigenvalue weighted by molar-refractivity contribution is -0.137. The molecule has 0 fully saturated rings. The summed E-state index contributed by atoms with van der Waals surface area (Å²) in [5.74, 6) is 0. The van der Waals surface area contributed by atoms with Crippen molar-refractivity contribution in [1.82, 2.24) is 4.90 Å². The number of rotatable bonds is 4. The molecule has 3 nitrogen and oxygen atoms in total. The molecule has 0 bridgehead atoms. The van der Waals surface area contributed by atoms with Crippen LogP contribution in [-0.2, 0) is 6.18 Å². The van der Waals surface area contributed by atoms with Crippen LogP contribution in [0.25, 0.3) is 0 Å². The molecule has 106 valence electrons. The van der Waals surface area contributed by atoms with Crippen molar-refractivity contribution in [2.24, 2.45) is 0 Å². The summed E-state index contributed by atoms with van der Waals surface area (Å²) in [5.41, 5.74) is -0.383. The van der Waals surface area contributed by atoms with Crippen LogP contribution >= 0.6 is 0 Å². The van der Waals surface area contributed by atoms with Gasteiger partial charge in [-0.3, -0.25) is 0 Å². The van der Waals surface area contributed by atoms with Gasteiger partial charge in [0.2, 0.25) is 0 Å². The van der Waals surface area contributed by atoms with Crippen molar-refractivity contribution in [3.05, 3.63) is 29.8 Å². The fourth-order valence-electron chi connectivity index (χ4n) is 1.46. The fourth-order valence-corrected chi connectivity index (χ4v) is 1.46. The normalized spacial score (nSPS) is 11.2. The molecule has 1 rings (SSSR count). The molecule has 0 aliphatic heterocycles. The van der Waals surface area contributed by atoms with E-state index in [9.17, 15) is 18.0 Å². The number of amides is 2. The number of hydrogen-bond acceptors (Lipinski definition) is 1. The lowest BCUT2D eigenvalue weighted by atomic mass is 10.2. The fraction of sp³-hybridized carbons (Fsp3) is 0.462. The van der Waals surface area contributed by atoms with E-state index in [2.05, 4.69) is 5.32 Å². The van der Waals surface area contributed by atoms with Gasteiger partial charge in [-0.05, 0) is 30.7 Å². The van der Waals surface area contributed by atoms with E-state index in [1.54, 1.807) is 7.05 Å². The van der Waals surface area contributed by atoms with Crippen molar-refractivity contribution >= 4 is 11.7 Å². The Labute approximate surface area is 110 Å². The highest BCUT2D eigenvalue weighted by Gasteiger charge is 2.29. The van der Waals surface area contributed by atoms with Gasteiger partial charge in [0.1, 0.15) is 0 Å². The van der Waals surface area contributed by atoms with Crippen LogP contribution in [0.5, 0.6) is 0 Å². The van der Waals surface area contributed by atoms with Gasteiger partial charge in [-0.1, -0.05) is 13.3 Å². The maximum Gasteiger partial charge on any atom is 0.416 e. The van der Waals surface area contributed by atoms with Crippen LogP contribution in [0.3, 0.4) is 0 Å². The zero-order chi connectivity index (χ0) is 14.5. The molecular formula is C13H17F3N2O. The molecule has 0 unspecified atom stereocenters. The maximum atomic E-state index is 12.4.